The van der Waals surface area contributed by atoms with Crippen LogP contribution in [-0.4, -0.2) is 31.2 Å². The fourth-order valence-corrected chi connectivity index (χ4v) is 1.87. The van der Waals surface area contributed by atoms with Crippen LogP contribution < -0.4 is 10.6 Å². The van der Waals surface area contributed by atoms with Crippen LogP contribution in [0.3, 0.4) is 0 Å². The lowest BCUT2D eigenvalue weighted by Gasteiger charge is -2.08. The van der Waals surface area contributed by atoms with Crippen molar-refractivity contribution in [1.29, 1.82) is 0 Å². The molecule has 8 heteroatoms. The van der Waals surface area contributed by atoms with Crippen molar-refractivity contribution < 1.29 is 27.5 Å². The van der Waals surface area contributed by atoms with Gasteiger partial charge >= 0.3 is 6.18 Å². The van der Waals surface area contributed by atoms with Gasteiger partial charge in [0.15, 0.2) is 0 Å². The van der Waals surface area contributed by atoms with E-state index in [1.807, 2.05) is 0 Å². The highest BCUT2D eigenvalue weighted by Gasteiger charge is 2.27. The minimum absolute atomic E-state index is 0.195. The van der Waals surface area contributed by atoms with Gasteiger partial charge in [-0.25, -0.2) is 0 Å². The van der Waals surface area contributed by atoms with E-state index in [2.05, 4.69) is 15.4 Å². The maximum atomic E-state index is 11.8. The van der Waals surface area contributed by atoms with Crippen LogP contribution in [0.15, 0.2) is 18.2 Å². The zero-order valence-electron chi connectivity index (χ0n) is 10.9. The van der Waals surface area contributed by atoms with Gasteiger partial charge in [-0.15, -0.1) is 0 Å². The van der Waals surface area contributed by atoms with Gasteiger partial charge in [0.05, 0.1) is 13.0 Å². The van der Waals surface area contributed by atoms with Crippen molar-refractivity contribution >= 4 is 17.5 Å². The lowest BCUT2D eigenvalue weighted by molar-refractivity contribution is -0.174. The Morgan fingerprint density at radius 2 is 2.14 bits per heavy atom. The maximum Gasteiger partial charge on any atom is 0.411 e. The van der Waals surface area contributed by atoms with Crippen molar-refractivity contribution in [2.24, 2.45) is 0 Å². The molecule has 1 aliphatic heterocycles. The van der Waals surface area contributed by atoms with Crippen molar-refractivity contribution in [3.05, 3.63) is 29.3 Å². The van der Waals surface area contributed by atoms with E-state index in [0.29, 0.717) is 17.8 Å². The summed E-state index contributed by atoms with van der Waals surface area (Å²) in [6, 6.07) is 4.88. The molecular weight excluding hydrogens is 289 g/mol. The lowest BCUT2D eigenvalue weighted by atomic mass is 10.1. The molecule has 5 nitrogen and oxygen atoms in total. The third kappa shape index (κ3) is 4.45. The Kier molecular flexibility index (Phi) is 4.46. The highest BCUT2D eigenvalue weighted by atomic mass is 19.4. The van der Waals surface area contributed by atoms with Gasteiger partial charge in [-0.1, -0.05) is 6.07 Å². The molecule has 2 N–H and O–H groups in total. The highest BCUT2D eigenvalue weighted by Crippen LogP contribution is 2.20. The summed E-state index contributed by atoms with van der Waals surface area (Å²) in [7, 11) is 0. The third-order valence-corrected chi connectivity index (χ3v) is 2.82. The molecule has 114 valence electrons. The molecular formula is C13H13F3N2O3. The SMILES string of the molecule is O=C(CCOCC(F)(F)F)Nc1ccc2c(c1)C(=O)NC2. The first-order valence-electron chi connectivity index (χ1n) is 6.20. The summed E-state index contributed by atoms with van der Waals surface area (Å²) in [4.78, 5) is 23.0. The minimum atomic E-state index is -4.40. The Bertz CT molecular complexity index is 558. The Hall–Kier alpha value is -2.09. The number of hydrogen-bond donors (Lipinski definition) is 2. The van der Waals surface area contributed by atoms with E-state index in [9.17, 15) is 22.8 Å². The van der Waals surface area contributed by atoms with E-state index in [4.69, 9.17) is 0 Å². The van der Waals surface area contributed by atoms with Crippen molar-refractivity contribution in [1.82, 2.24) is 5.32 Å². The van der Waals surface area contributed by atoms with E-state index in [1.165, 1.54) is 6.07 Å². The summed E-state index contributed by atoms with van der Waals surface area (Å²) >= 11 is 0. The summed E-state index contributed by atoms with van der Waals surface area (Å²) in [5.74, 6) is -0.690. The van der Waals surface area contributed by atoms with Crippen molar-refractivity contribution in [3.8, 4) is 0 Å². The average Bonchev–Trinajstić information content (AvgIpc) is 2.75. The molecule has 1 aromatic rings. The van der Waals surface area contributed by atoms with Crippen LogP contribution in [-0.2, 0) is 16.1 Å². The lowest BCUT2D eigenvalue weighted by Crippen LogP contribution is -2.20. The van der Waals surface area contributed by atoms with E-state index in [-0.39, 0.29) is 18.9 Å². The summed E-state index contributed by atoms with van der Waals surface area (Å²) in [5.41, 5.74) is 1.75. The summed E-state index contributed by atoms with van der Waals surface area (Å²) < 4.78 is 39.8. The Morgan fingerprint density at radius 3 is 2.86 bits per heavy atom. The van der Waals surface area contributed by atoms with E-state index in [0.717, 1.165) is 5.56 Å². The van der Waals surface area contributed by atoms with Crippen LogP contribution in [0.4, 0.5) is 18.9 Å². The highest BCUT2D eigenvalue weighted by molar-refractivity contribution is 6.00. The van der Waals surface area contributed by atoms with E-state index >= 15 is 0 Å². The number of carbonyl (C=O) groups excluding carboxylic acids is 2. The topological polar surface area (TPSA) is 67.4 Å². The zero-order valence-corrected chi connectivity index (χ0v) is 10.9. The van der Waals surface area contributed by atoms with Gasteiger partial charge in [0.1, 0.15) is 6.61 Å². The number of rotatable bonds is 5. The molecule has 21 heavy (non-hydrogen) atoms. The number of nitrogens with one attached hydrogen (secondary N) is 2. The van der Waals surface area contributed by atoms with Crippen LogP contribution in [0.2, 0.25) is 0 Å². The summed E-state index contributed by atoms with van der Waals surface area (Å²) in [6.45, 7) is -1.25. The maximum absolute atomic E-state index is 11.8. The molecule has 0 aliphatic carbocycles. The normalized spacial score (nSPS) is 13.8. The van der Waals surface area contributed by atoms with Gasteiger partial charge in [0.25, 0.3) is 5.91 Å². The van der Waals surface area contributed by atoms with Gasteiger partial charge in [0.2, 0.25) is 5.91 Å². The third-order valence-electron chi connectivity index (χ3n) is 2.82. The number of fused-ring (bicyclic) bond motifs is 1. The van der Waals surface area contributed by atoms with Gasteiger partial charge in [-0.05, 0) is 17.7 Å². The molecule has 2 rings (SSSR count). The molecule has 1 heterocycles. The predicted octanol–water partition coefficient (Wildman–Crippen LogP) is 1.84. The fraction of sp³-hybridized carbons (Fsp3) is 0.385. The Labute approximate surface area is 118 Å². The molecule has 0 fully saturated rings. The average molecular weight is 302 g/mol. The van der Waals surface area contributed by atoms with Crippen molar-refractivity contribution in [3.63, 3.8) is 0 Å². The van der Waals surface area contributed by atoms with E-state index in [1.54, 1.807) is 12.1 Å². The van der Waals surface area contributed by atoms with E-state index < -0.39 is 18.7 Å². The molecule has 0 aromatic heterocycles. The van der Waals surface area contributed by atoms with Crippen molar-refractivity contribution in [2.45, 2.75) is 19.1 Å². The zero-order chi connectivity index (χ0) is 15.5. The van der Waals surface area contributed by atoms with Crippen LogP contribution in [0, 0.1) is 0 Å². The number of anilines is 1. The second kappa shape index (κ2) is 6.13. The van der Waals surface area contributed by atoms with Gasteiger partial charge < -0.3 is 15.4 Å². The van der Waals surface area contributed by atoms with Crippen LogP contribution >= 0.6 is 0 Å². The number of carbonyl (C=O) groups is 2. The van der Waals surface area contributed by atoms with Crippen LogP contribution in [0.5, 0.6) is 0 Å². The first kappa shape index (κ1) is 15.3. The first-order valence-corrected chi connectivity index (χ1v) is 6.20. The number of halogens is 3. The molecule has 0 saturated carbocycles. The van der Waals surface area contributed by atoms with Crippen molar-refractivity contribution in [2.75, 3.05) is 18.5 Å². The van der Waals surface area contributed by atoms with Crippen LogP contribution in [0.25, 0.3) is 0 Å². The molecule has 1 aliphatic rings. The number of amides is 2. The number of alkyl halides is 3. The number of ether oxygens (including phenoxy) is 1. The fourth-order valence-electron chi connectivity index (χ4n) is 1.87. The quantitative estimate of drug-likeness (QED) is 0.816. The molecule has 0 spiro atoms. The van der Waals surface area contributed by atoms with Gasteiger partial charge in [-0.2, -0.15) is 13.2 Å². The molecule has 0 bridgehead atoms. The number of hydrogen-bond acceptors (Lipinski definition) is 3. The minimum Gasteiger partial charge on any atom is -0.372 e. The summed E-state index contributed by atoms with van der Waals surface area (Å²) in [5, 5.41) is 5.15. The molecule has 1 aromatic carbocycles. The predicted molar refractivity (Wildman–Crippen MR) is 67.7 cm³/mol. The first-order chi connectivity index (χ1) is 9.85. The Morgan fingerprint density at radius 1 is 1.38 bits per heavy atom. The molecule has 0 saturated heterocycles. The Balaban J connectivity index is 1.81. The summed E-state index contributed by atoms with van der Waals surface area (Å²) in [6.07, 6.45) is -4.59. The standard InChI is InChI=1S/C13H13F3N2O3/c14-13(15,16)7-21-4-3-11(19)18-9-2-1-8-6-17-12(20)10(8)5-9/h1-2,5H,3-4,6-7H2,(H,17,20)(H,18,19). The smallest absolute Gasteiger partial charge is 0.372 e. The van der Waals surface area contributed by atoms with Crippen LogP contribution in [0.1, 0.15) is 22.3 Å². The molecule has 0 atom stereocenters. The second-order valence-electron chi connectivity index (χ2n) is 4.52. The molecule has 2 amide bonds. The molecule has 0 radical (unpaired) electrons. The molecule has 0 unspecified atom stereocenters. The monoisotopic (exact) mass is 302 g/mol. The number of benzene rings is 1. The largest absolute Gasteiger partial charge is 0.411 e. The van der Waals surface area contributed by atoms with Gasteiger partial charge in [-0.3, -0.25) is 9.59 Å². The van der Waals surface area contributed by atoms with Gasteiger partial charge in [0, 0.05) is 17.8 Å². The second-order valence-corrected chi connectivity index (χ2v) is 4.52.